The number of pyridine rings is 1. The smallest absolute Gasteiger partial charge is 0.320 e. The number of anilines is 1. The second-order valence-electron chi connectivity index (χ2n) is 14.4. The maximum Gasteiger partial charge on any atom is 0.320 e. The van der Waals surface area contributed by atoms with Crippen molar-refractivity contribution in [2.45, 2.75) is 96.4 Å². The molecule has 7 rings (SSSR count). The van der Waals surface area contributed by atoms with E-state index < -0.39 is 0 Å². The first kappa shape index (κ1) is 31.9. The minimum atomic E-state index is -0.289. The molecular formula is C36H46N10O2. The minimum Gasteiger partial charge on any atom is -0.484 e. The summed E-state index contributed by atoms with van der Waals surface area (Å²) in [5.41, 5.74) is 4.41. The molecule has 2 N–H and O–H groups in total. The van der Waals surface area contributed by atoms with Crippen molar-refractivity contribution in [2.75, 3.05) is 11.9 Å². The zero-order chi connectivity index (χ0) is 33.6. The van der Waals surface area contributed by atoms with Crippen LogP contribution >= 0.6 is 0 Å². The van der Waals surface area contributed by atoms with Crippen molar-refractivity contribution in [1.29, 1.82) is 0 Å². The lowest BCUT2D eigenvalue weighted by molar-refractivity contribution is 0.105. The summed E-state index contributed by atoms with van der Waals surface area (Å²) in [6.45, 7) is 11.9. The number of benzene rings is 1. The molecule has 1 aliphatic carbocycles. The molecule has 4 aromatic heterocycles. The van der Waals surface area contributed by atoms with Gasteiger partial charge in [0, 0.05) is 24.6 Å². The summed E-state index contributed by atoms with van der Waals surface area (Å²) in [6, 6.07) is 14.3. The first-order valence-electron chi connectivity index (χ1n) is 17.1. The maximum atomic E-state index is 13.5. The Morgan fingerprint density at radius 1 is 1.00 bits per heavy atom. The largest absolute Gasteiger partial charge is 0.484 e. The van der Waals surface area contributed by atoms with E-state index in [-0.39, 0.29) is 29.6 Å². The summed E-state index contributed by atoms with van der Waals surface area (Å²) in [5, 5.41) is 24.5. The van der Waals surface area contributed by atoms with Crippen molar-refractivity contribution < 1.29 is 9.53 Å². The molecule has 1 aromatic carbocycles. The Morgan fingerprint density at radius 2 is 1.81 bits per heavy atom. The number of carbonyl (C=O) groups is 1. The number of aromatic nitrogens is 7. The third kappa shape index (κ3) is 6.28. The molecule has 48 heavy (non-hydrogen) atoms. The molecule has 0 bridgehead atoms. The van der Waals surface area contributed by atoms with Crippen LogP contribution in [0.2, 0.25) is 0 Å². The number of amides is 2. The molecule has 0 spiro atoms. The molecule has 12 nitrogen and oxygen atoms in total. The molecule has 5 heterocycles. The normalized spacial score (nSPS) is 20.2. The minimum absolute atomic E-state index is 0.150. The molecule has 1 aliphatic heterocycles. The number of carbonyl (C=O) groups excluding carboxylic acids is 1. The van der Waals surface area contributed by atoms with Gasteiger partial charge in [0.2, 0.25) is 0 Å². The van der Waals surface area contributed by atoms with E-state index in [1.165, 1.54) is 12.8 Å². The Balaban J connectivity index is 1.09. The molecule has 12 heteroatoms. The van der Waals surface area contributed by atoms with Gasteiger partial charge in [0.25, 0.3) is 0 Å². The number of aryl methyl sites for hydroxylation is 1. The van der Waals surface area contributed by atoms with Crippen molar-refractivity contribution in [3.8, 4) is 11.4 Å². The lowest BCUT2D eigenvalue weighted by atomic mass is 9.85. The van der Waals surface area contributed by atoms with Crippen molar-refractivity contribution in [1.82, 2.24) is 44.4 Å². The number of hydrogen-bond donors (Lipinski definition) is 2. The highest BCUT2D eigenvalue weighted by atomic mass is 16.5. The standard InChI is InChI=1S/C36H46N10O2/c1-23(2)44-18-10-9-13-29(44)34-41-40-32-17-14-25(22-45(32)34)48-30-16-15-28(26-11-7-8-12-27(26)30)38-35(47)39-33-19-31(36(3,4)5)42-46(33)24-20-37-43(6)21-24/h7-8,11-12,14,17,19-23,28-30H,9-10,13,15-16,18H2,1-6H3,(H2,38,39,47)/t28-,29-,30+/m0/s1. The average Bonchev–Trinajstić information content (AvgIpc) is 3.80. The molecule has 1 fully saturated rings. The van der Waals surface area contributed by atoms with Gasteiger partial charge < -0.3 is 10.1 Å². The van der Waals surface area contributed by atoms with Crippen LogP contribution in [0.3, 0.4) is 0 Å². The van der Waals surface area contributed by atoms with Gasteiger partial charge in [-0.05, 0) is 69.3 Å². The van der Waals surface area contributed by atoms with Crippen LogP contribution in [0.5, 0.6) is 5.75 Å². The summed E-state index contributed by atoms with van der Waals surface area (Å²) in [6.07, 6.45) is 10.5. The van der Waals surface area contributed by atoms with Crippen LogP contribution in [0.1, 0.15) is 108 Å². The zero-order valence-electron chi connectivity index (χ0n) is 28.7. The van der Waals surface area contributed by atoms with Crippen molar-refractivity contribution in [3.05, 3.63) is 83.7 Å². The van der Waals surface area contributed by atoms with Crippen LogP contribution in [0, 0.1) is 0 Å². The van der Waals surface area contributed by atoms with Gasteiger partial charge in [0.05, 0.1) is 36.4 Å². The maximum absolute atomic E-state index is 13.5. The topological polar surface area (TPSA) is 119 Å². The molecule has 3 atom stereocenters. The fourth-order valence-corrected chi connectivity index (χ4v) is 7.08. The molecule has 5 aromatic rings. The highest BCUT2D eigenvalue weighted by Crippen LogP contribution is 2.39. The molecule has 252 valence electrons. The van der Waals surface area contributed by atoms with Crippen LogP contribution in [0.4, 0.5) is 10.6 Å². The van der Waals surface area contributed by atoms with Gasteiger partial charge in [0.1, 0.15) is 23.4 Å². The van der Waals surface area contributed by atoms with E-state index in [0.29, 0.717) is 11.9 Å². The number of likely N-dealkylation sites (tertiary alicyclic amines) is 1. The number of hydrogen-bond acceptors (Lipinski definition) is 7. The third-order valence-corrected chi connectivity index (χ3v) is 9.58. The number of rotatable bonds is 7. The molecule has 0 radical (unpaired) electrons. The number of nitrogens with one attached hydrogen (secondary N) is 2. The molecule has 2 amide bonds. The zero-order valence-corrected chi connectivity index (χ0v) is 28.7. The highest BCUT2D eigenvalue weighted by Gasteiger charge is 2.32. The first-order chi connectivity index (χ1) is 23.0. The summed E-state index contributed by atoms with van der Waals surface area (Å²) in [7, 11) is 1.86. The lowest BCUT2D eigenvalue weighted by Gasteiger charge is -2.37. The van der Waals surface area contributed by atoms with E-state index in [0.717, 1.165) is 65.5 Å². The van der Waals surface area contributed by atoms with E-state index in [1.54, 1.807) is 15.6 Å². The Kier molecular flexibility index (Phi) is 8.44. The summed E-state index contributed by atoms with van der Waals surface area (Å²) >= 11 is 0. The quantitative estimate of drug-likeness (QED) is 0.202. The number of piperidine rings is 1. The predicted molar refractivity (Wildman–Crippen MR) is 184 cm³/mol. The van der Waals surface area contributed by atoms with Gasteiger partial charge >= 0.3 is 6.03 Å². The van der Waals surface area contributed by atoms with E-state index in [1.807, 2.05) is 49.8 Å². The molecule has 0 unspecified atom stereocenters. The second kappa shape index (κ2) is 12.7. The summed E-state index contributed by atoms with van der Waals surface area (Å²) in [5.74, 6) is 2.34. The van der Waals surface area contributed by atoms with Crippen molar-refractivity contribution in [3.63, 3.8) is 0 Å². The number of urea groups is 1. The second-order valence-corrected chi connectivity index (χ2v) is 14.4. The fraction of sp³-hybridized carbons (Fsp3) is 0.472. The Bertz CT molecular complexity index is 1910. The van der Waals surface area contributed by atoms with E-state index in [9.17, 15) is 4.79 Å². The van der Waals surface area contributed by atoms with Gasteiger partial charge in [-0.3, -0.25) is 19.3 Å². The first-order valence-corrected chi connectivity index (χ1v) is 17.1. The van der Waals surface area contributed by atoms with Crippen molar-refractivity contribution >= 4 is 17.5 Å². The van der Waals surface area contributed by atoms with Crippen LogP contribution in [0.15, 0.2) is 61.1 Å². The summed E-state index contributed by atoms with van der Waals surface area (Å²) in [4.78, 5) is 16.0. The van der Waals surface area contributed by atoms with Crippen LogP contribution < -0.4 is 15.4 Å². The molecule has 2 aliphatic rings. The Hall–Kier alpha value is -4.71. The van der Waals surface area contributed by atoms with E-state index in [4.69, 9.17) is 9.84 Å². The van der Waals surface area contributed by atoms with Gasteiger partial charge in [-0.1, -0.05) is 51.5 Å². The van der Waals surface area contributed by atoms with Crippen molar-refractivity contribution in [2.24, 2.45) is 7.05 Å². The highest BCUT2D eigenvalue weighted by molar-refractivity contribution is 5.89. The Labute approximate surface area is 281 Å². The average molecular weight is 651 g/mol. The van der Waals surface area contributed by atoms with Gasteiger partial charge in [-0.2, -0.15) is 10.2 Å². The Morgan fingerprint density at radius 3 is 2.56 bits per heavy atom. The molecular weight excluding hydrogens is 604 g/mol. The summed E-state index contributed by atoms with van der Waals surface area (Å²) < 4.78 is 12.2. The number of nitrogens with zero attached hydrogens (tertiary/aromatic N) is 8. The molecule has 0 saturated carbocycles. The van der Waals surface area contributed by atoms with Gasteiger partial charge in [-0.15, -0.1) is 10.2 Å². The van der Waals surface area contributed by atoms with E-state index >= 15 is 0 Å². The predicted octanol–water partition coefficient (Wildman–Crippen LogP) is 6.66. The van der Waals surface area contributed by atoms with Crippen LogP contribution in [-0.4, -0.2) is 57.7 Å². The van der Waals surface area contributed by atoms with E-state index in [2.05, 4.69) is 82.0 Å². The number of ether oxygens (including phenoxy) is 1. The lowest BCUT2D eigenvalue weighted by Crippen LogP contribution is -2.39. The fourth-order valence-electron chi connectivity index (χ4n) is 7.08. The number of fused-ring (bicyclic) bond motifs is 2. The SMILES string of the molecule is CC(C)N1CCCC[C@H]1c1nnc2ccc(O[C@@H]3CC[C@H](NC(=O)Nc4cc(C(C)(C)C)nn4-c4cnn(C)c4)c4ccccc43)cn12. The third-order valence-electron chi connectivity index (χ3n) is 9.58. The monoisotopic (exact) mass is 650 g/mol. The van der Waals surface area contributed by atoms with Crippen LogP contribution in [-0.2, 0) is 12.5 Å². The molecule has 1 saturated heterocycles. The van der Waals surface area contributed by atoms with Gasteiger partial charge in [-0.25, -0.2) is 9.48 Å². The van der Waals surface area contributed by atoms with Gasteiger partial charge in [0.15, 0.2) is 11.5 Å². The van der Waals surface area contributed by atoms with Crippen LogP contribution in [0.25, 0.3) is 11.3 Å².